The third-order valence-corrected chi connectivity index (χ3v) is 3.84. The summed E-state index contributed by atoms with van der Waals surface area (Å²) in [6, 6.07) is 6.21. The van der Waals surface area contributed by atoms with Gasteiger partial charge >= 0.3 is 0 Å². The molecule has 0 aliphatic carbocycles. The molecule has 122 valence electrons. The van der Waals surface area contributed by atoms with Gasteiger partial charge in [-0.25, -0.2) is 0 Å². The highest BCUT2D eigenvalue weighted by atomic mass is 79.9. The summed E-state index contributed by atoms with van der Waals surface area (Å²) in [5.74, 6) is 0.992. The van der Waals surface area contributed by atoms with Crippen molar-refractivity contribution in [1.82, 2.24) is 5.32 Å². The number of benzene rings is 1. The molecule has 0 unspecified atom stereocenters. The first-order valence-electron chi connectivity index (χ1n) is 7.89. The Hall–Kier alpha value is -0.250. The van der Waals surface area contributed by atoms with E-state index in [1.807, 2.05) is 19.1 Å². The van der Waals surface area contributed by atoms with E-state index in [0.29, 0.717) is 6.61 Å². The number of nitrogens with one attached hydrogen (secondary N) is 1. The van der Waals surface area contributed by atoms with Gasteiger partial charge in [0.2, 0.25) is 0 Å². The zero-order valence-corrected chi connectivity index (χ0v) is 15.7. The average Bonchev–Trinajstić information content (AvgIpc) is 2.44. The van der Waals surface area contributed by atoms with Crippen molar-refractivity contribution in [2.24, 2.45) is 0 Å². The van der Waals surface area contributed by atoms with E-state index in [9.17, 15) is 0 Å². The summed E-state index contributed by atoms with van der Waals surface area (Å²) in [7, 11) is 0. The molecule has 0 fully saturated rings. The van der Waals surface area contributed by atoms with Gasteiger partial charge in [-0.05, 0) is 38.1 Å². The molecule has 0 aliphatic heterocycles. The van der Waals surface area contributed by atoms with Crippen LogP contribution in [0.1, 0.15) is 57.9 Å². The molecule has 21 heavy (non-hydrogen) atoms. The van der Waals surface area contributed by atoms with Crippen LogP contribution in [0, 0.1) is 0 Å². The van der Waals surface area contributed by atoms with E-state index in [2.05, 4.69) is 34.2 Å². The van der Waals surface area contributed by atoms with Gasteiger partial charge in [-0.1, -0.05) is 55.0 Å². The SMILES string of the molecule is CCCCCCCCNCc1cc(Br)ccc1OCC.Cl. The normalized spacial score (nSPS) is 10.2. The lowest BCUT2D eigenvalue weighted by molar-refractivity contribution is 0.335. The first kappa shape index (κ1) is 20.8. The molecular formula is C17H29BrClNO. The molecule has 1 N–H and O–H groups in total. The summed E-state index contributed by atoms with van der Waals surface area (Å²) in [5.41, 5.74) is 1.23. The average molecular weight is 379 g/mol. The van der Waals surface area contributed by atoms with Crippen LogP contribution in [0.5, 0.6) is 5.75 Å². The maximum atomic E-state index is 5.65. The third-order valence-electron chi connectivity index (χ3n) is 3.34. The Labute approximate surface area is 144 Å². The van der Waals surface area contributed by atoms with Gasteiger partial charge in [0, 0.05) is 16.6 Å². The fraction of sp³-hybridized carbons (Fsp3) is 0.647. The van der Waals surface area contributed by atoms with Crippen LogP contribution < -0.4 is 10.1 Å². The van der Waals surface area contributed by atoms with Crippen LogP contribution in [0.25, 0.3) is 0 Å². The van der Waals surface area contributed by atoms with Crippen LogP contribution in [-0.2, 0) is 6.54 Å². The molecule has 0 aliphatic rings. The second kappa shape index (κ2) is 13.4. The number of rotatable bonds is 11. The highest BCUT2D eigenvalue weighted by Gasteiger charge is 2.03. The molecule has 0 heterocycles. The van der Waals surface area contributed by atoms with Gasteiger partial charge in [-0.3, -0.25) is 0 Å². The molecule has 1 rings (SSSR count). The zero-order valence-electron chi connectivity index (χ0n) is 13.3. The minimum absolute atomic E-state index is 0. The molecule has 0 saturated heterocycles. The predicted molar refractivity (Wildman–Crippen MR) is 97.6 cm³/mol. The number of ether oxygens (including phenoxy) is 1. The Morgan fingerprint density at radius 3 is 2.48 bits per heavy atom. The molecule has 1 aromatic carbocycles. The summed E-state index contributed by atoms with van der Waals surface area (Å²) in [6.07, 6.45) is 8.06. The third kappa shape index (κ3) is 9.38. The van der Waals surface area contributed by atoms with E-state index in [0.717, 1.165) is 23.3 Å². The number of hydrogen-bond acceptors (Lipinski definition) is 2. The van der Waals surface area contributed by atoms with Crippen molar-refractivity contribution >= 4 is 28.3 Å². The Morgan fingerprint density at radius 1 is 1.05 bits per heavy atom. The van der Waals surface area contributed by atoms with Crippen molar-refractivity contribution in [2.75, 3.05) is 13.2 Å². The second-order valence-corrected chi connectivity index (χ2v) is 6.05. The van der Waals surface area contributed by atoms with E-state index in [-0.39, 0.29) is 12.4 Å². The molecular weight excluding hydrogens is 350 g/mol. The summed E-state index contributed by atoms with van der Waals surface area (Å²) in [5, 5.41) is 3.52. The van der Waals surface area contributed by atoms with Gasteiger partial charge in [0.25, 0.3) is 0 Å². The largest absolute Gasteiger partial charge is 0.494 e. The lowest BCUT2D eigenvalue weighted by atomic mass is 10.1. The lowest BCUT2D eigenvalue weighted by Crippen LogP contribution is -2.15. The molecule has 1 aromatic rings. The highest BCUT2D eigenvalue weighted by molar-refractivity contribution is 9.10. The summed E-state index contributed by atoms with van der Waals surface area (Å²) >= 11 is 3.52. The van der Waals surface area contributed by atoms with Crippen LogP contribution in [0.15, 0.2) is 22.7 Å². The van der Waals surface area contributed by atoms with E-state index < -0.39 is 0 Å². The fourth-order valence-electron chi connectivity index (χ4n) is 2.24. The molecule has 4 heteroatoms. The molecule has 0 spiro atoms. The maximum Gasteiger partial charge on any atom is 0.123 e. The number of unbranched alkanes of at least 4 members (excludes halogenated alkanes) is 5. The Balaban J connectivity index is 0.00000400. The van der Waals surface area contributed by atoms with E-state index in [1.165, 1.54) is 44.1 Å². The minimum atomic E-state index is 0. The van der Waals surface area contributed by atoms with Gasteiger partial charge < -0.3 is 10.1 Å². The smallest absolute Gasteiger partial charge is 0.123 e. The molecule has 0 aromatic heterocycles. The van der Waals surface area contributed by atoms with Crippen LogP contribution in [0.2, 0.25) is 0 Å². The Bertz CT molecular complexity index is 374. The lowest BCUT2D eigenvalue weighted by Gasteiger charge is -2.11. The fourth-order valence-corrected chi connectivity index (χ4v) is 2.64. The quantitative estimate of drug-likeness (QED) is 0.497. The summed E-state index contributed by atoms with van der Waals surface area (Å²) in [6.45, 7) is 6.96. The minimum Gasteiger partial charge on any atom is -0.494 e. The standard InChI is InChI=1S/C17H28BrNO.ClH/c1-3-5-6-7-8-9-12-19-14-15-13-16(18)10-11-17(15)20-4-2;/h10-11,13,19H,3-9,12,14H2,1-2H3;1H. The maximum absolute atomic E-state index is 5.65. The van der Waals surface area contributed by atoms with Crippen molar-refractivity contribution < 1.29 is 4.74 Å². The number of halogens is 2. The van der Waals surface area contributed by atoms with Gasteiger partial charge in [0.15, 0.2) is 0 Å². The van der Waals surface area contributed by atoms with E-state index in [4.69, 9.17) is 4.74 Å². The topological polar surface area (TPSA) is 21.3 Å². The van der Waals surface area contributed by atoms with Gasteiger partial charge in [-0.15, -0.1) is 12.4 Å². The van der Waals surface area contributed by atoms with Crippen LogP contribution >= 0.6 is 28.3 Å². The summed E-state index contributed by atoms with van der Waals surface area (Å²) in [4.78, 5) is 0. The van der Waals surface area contributed by atoms with Crippen LogP contribution in [0.3, 0.4) is 0 Å². The zero-order chi connectivity index (χ0) is 14.6. The first-order chi connectivity index (χ1) is 9.77. The Kier molecular flexibility index (Phi) is 13.3. The Morgan fingerprint density at radius 2 is 1.76 bits per heavy atom. The van der Waals surface area contributed by atoms with Gasteiger partial charge in [-0.2, -0.15) is 0 Å². The molecule has 0 radical (unpaired) electrons. The van der Waals surface area contributed by atoms with Crippen molar-refractivity contribution in [2.45, 2.75) is 58.9 Å². The van der Waals surface area contributed by atoms with Crippen molar-refractivity contribution in [1.29, 1.82) is 0 Å². The predicted octanol–water partition coefficient (Wildman–Crippen LogP) is 5.72. The first-order valence-corrected chi connectivity index (χ1v) is 8.69. The van der Waals surface area contributed by atoms with Gasteiger partial charge in [0.05, 0.1) is 6.61 Å². The van der Waals surface area contributed by atoms with Crippen LogP contribution in [0.4, 0.5) is 0 Å². The van der Waals surface area contributed by atoms with Crippen molar-refractivity contribution in [3.63, 3.8) is 0 Å². The molecule has 2 nitrogen and oxygen atoms in total. The summed E-state index contributed by atoms with van der Waals surface area (Å²) < 4.78 is 6.76. The molecule has 0 bridgehead atoms. The van der Waals surface area contributed by atoms with Crippen molar-refractivity contribution in [3.8, 4) is 5.75 Å². The van der Waals surface area contributed by atoms with E-state index >= 15 is 0 Å². The molecule has 0 atom stereocenters. The van der Waals surface area contributed by atoms with E-state index in [1.54, 1.807) is 0 Å². The van der Waals surface area contributed by atoms with Crippen molar-refractivity contribution in [3.05, 3.63) is 28.2 Å². The second-order valence-electron chi connectivity index (χ2n) is 5.13. The van der Waals surface area contributed by atoms with Crippen LogP contribution in [-0.4, -0.2) is 13.2 Å². The van der Waals surface area contributed by atoms with Gasteiger partial charge in [0.1, 0.15) is 5.75 Å². The number of hydrogen-bond donors (Lipinski definition) is 1. The highest BCUT2D eigenvalue weighted by Crippen LogP contribution is 2.23. The molecule has 0 amide bonds. The monoisotopic (exact) mass is 377 g/mol. The molecule has 0 saturated carbocycles.